The number of aromatic nitrogens is 1. The van der Waals surface area contributed by atoms with Crippen molar-refractivity contribution in [3.8, 4) is 0 Å². The van der Waals surface area contributed by atoms with Crippen LogP contribution in [0.2, 0.25) is 0 Å². The maximum atomic E-state index is 13.2. The third kappa shape index (κ3) is 1.02. The van der Waals surface area contributed by atoms with Gasteiger partial charge in [0.2, 0.25) is 0 Å². The maximum Gasteiger partial charge on any atom is 0.185 e. The number of nitrogens with two attached hydrogens (primary N) is 1. The van der Waals surface area contributed by atoms with Gasteiger partial charge in [0.15, 0.2) is 17.5 Å². The van der Waals surface area contributed by atoms with Crippen LogP contribution in [0.1, 0.15) is 0 Å². The van der Waals surface area contributed by atoms with E-state index in [4.69, 9.17) is 5.73 Å². The molecule has 0 bridgehead atoms. The second-order valence-electron chi connectivity index (χ2n) is 2.76. The smallest absolute Gasteiger partial charge is 0.185 e. The van der Waals surface area contributed by atoms with E-state index < -0.39 is 23.1 Å². The lowest BCUT2D eigenvalue weighted by atomic mass is 10.1. The number of halogens is 3. The zero-order valence-electron chi connectivity index (χ0n) is 6.89. The molecule has 0 fully saturated rings. The molecule has 72 valence electrons. The van der Waals surface area contributed by atoms with Crippen LogP contribution in [0, 0.1) is 17.5 Å². The Balaban J connectivity index is 3.02. The minimum atomic E-state index is -1.37. The van der Waals surface area contributed by atoms with Crippen LogP contribution in [0.4, 0.5) is 18.9 Å². The zero-order valence-corrected chi connectivity index (χ0v) is 6.89. The predicted molar refractivity (Wildman–Crippen MR) is 46.0 cm³/mol. The first-order chi connectivity index (χ1) is 6.63. The van der Waals surface area contributed by atoms with Crippen LogP contribution >= 0.6 is 0 Å². The van der Waals surface area contributed by atoms with Gasteiger partial charge in [0.25, 0.3) is 0 Å². The highest BCUT2D eigenvalue weighted by Gasteiger charge is 2.17. The molecule has 2 nitrogen and oxygen atoms in total. The fraction of sp³-hybridized carbons (Fsp3) is 0. The highest BCUT2D eigenvalue weighted by atomic mass is 19.2. The summed E-state index contributed by atoms with van der Waals surface area (Å²) in [5, 5.41) is -0.211. The summed E-state index contributed by atoms with van der Waals surface area (Å²) >= 11 is 0. The molecule has 0 spiro atoms. The molecule has 1 aromatic heterocycles. The van der Waals surface area contributed by atoms with Crippen molar-refractivity contribution < 1.29 is 13.2 Å². The molecule has 0 aliphatic rings. The number of anilines is 1. The molecule has 0 radical (unpaired) electrons. The van der Waals surface area contributed by atoms with Gasteiger partial charge in [-0.1, -0.05) is 0 Å². The summed E-state index contributed by atoms with van der Waals surface area (Å²) in [4.78, 5) is 3.58. The molecule has 0 aliphatic carbocycles. The molecule has 0 aliphatic heterocycles. The minimum absolute atomic E-state index is 0.211. The lowest BCUT2D eigenvalue weighted by Gasteiger charge is -2.04. The van der Waals surface area contributed by atoms with E-state index >= 15 is 0 Å². The van der Waals surface area contributed by atoms with Crippen molar-refractivity contribution >= 4 is 16.6 Å². The van der Waals surface area contributed by atoms with Gasteiger partial charge in [0, 0.05) is 11.6 Å². The number of benzene rings is 1. The Kier molecular flexibility index (Phi) is 1.80. The monoisotopic (exact) mass is 198 g/mol. The van der Waals surface area contributed by atoms with E-state index in [-0.39, 0.29) is 10.9 Å². The van der Waals surface area contributed by atoms with Crippen molar-refractivity contribution in [2.45, 2.75) is 0 Å². The van der Waals surface area contributed by atoms with Crippen molar-refractivity contribution in [1.29, 1.82) is 0 Å². The van der Waals surface area contributed by atoms with Gasteiger partial charge in [0.05, 0.1) is 0 Å². The summed E-state index contributed by atoms with van der Waals surface area (Å²) in [6.07, 6.45) is 1.28. The molecule has 0 unspecified atom stereocenters. The average molecular weight is 198 g/mol. The molecular formula is C9H5F3N2. The highest BCUT2D eigenvalue weighted by Crippen LogP contribution is 2.27. The Labute approximate surface area is 77.2 Å². The second-order valence-corrected chi connectivity index (χ2v) is 2.76. The number of hydrogen-bond acceptors (Lipinski definition) is 2. The molecule has 0 saturated heterocycles. The Hall–Kier alpha value is -1.78. The molecule has 2 aromatic rings. The first kappa shape index (κ1) is 8.80. The molecular weight excluding hydrogens is 193 g/mol. The molecule has 1 aromatic carbocycles. The van der Waals surface area contributed by atoms with Crippen LogP contribution in [-0.4, -0.2) is 4.98 Å². The van der Waals surface area contributed by atoms with Crippen LogP contribution in [0.3, 0.4) is 0 Å². The quantitative estimate of drug-likeness (QED) is 0.520. The van der Waals surface area contributed by atoms with Crippen LogP contribution in [0.5, 0.6) is 0 Å². The molecule has 0 saturated carbocycles. The summed E-state index contributed by atoms with van der Waals surface area (Å²) in [7, 11) is 0. The lowest BCUT2D eigenvalue weighted by Crippen LogP contribution is -2.01. The third-order valence-electron chi connectivity index (χ3n) is 1.92. The first-order valence-electron chi connectivity index (χ1n) is 3.79. The fourth-order valence-corrected chi connectivity index (χ4v) is 1.22. The SMILES string of the molecule is Nc1c(F)c(F)c2cccnc2c1F. The fourth-order valence-electron chi connectivity index (χ4n) is 1.22. The lowest BCUT2D eigenvalue weighted by molar-refractivity contribution is 0.510. The highest BCUT2D eigenvalue weighted by molar-refractivity contribution is 5.83. The summed E-state index contributed by atoms with van der Waals surface area (Å²) in [6, 6.07) is 2.63. The van der Waals surface area contributed by atoms with Crippen LogP contribution in [0.25, 0.3) is 10.9 Å². The molecule has 1 heterocycles. The van der Waals surface area contributed by atoms with E-state index in [1.807, 2.05) is 0 Å². The summed E-state index contributed by atoms with van der Waals surface area (Å²) in [5.41, 5.74) is 3.92. The predicted octanol–water partition coefficient (Wildman–Crippen LogP) is 2.23. The second kappa shape index (κ2) is 2.87. The van der Waals surface area contributed by atoms with Crippen molar-refractivity contribution in [2.24, 2.45) is 0 Å². The van der Waals surface area contributed by atoms with Gasteiger partial charge in [-0.05, 0) is 12.1 Å². The molecule has 2 N–H and O–H groups in total. The number of nitrogens with zero attached hydrogens (tertiary/aromatic N) is 1. The minimum Gasteiger partial charge on any atom is -0.394 e. The standard InChI is InChI=1S/C9H5F3N2/c10-5-4-2-1-3-14-9(4)7(12)8(13)6(5)11/h1-3H,13H2. The van der Waals surface area contributed by atoms with Gasteiger partial charge < -0.3 is 5.73 Å². The average Bonchev–Trinajstić information content (AvgIpc) is 2.23. The van der Waals surface area contributed by atoms with E-state index in [1.165, 1.54) is 18.3 Å². The van der Waals surface area contributed by atoms with Gasteiger partial charge >= 0.3 is 0 Å². The largest absolute Gasteiger partial charge is 0.394 e. The maximum absolute atomic E-state index is 13.2. The first-order valence-corrected chi connectivity index (χ1v) is 3.79. The number of fused-ring (bicyclic) bond motifs is 1. The van der Waals surface area contributed by atoms with Crippen molar-refractivity contribution in [1.82, 2.24) is 4.98 Å². The van der Waals surface area contributed by atoms with E-state index in [0.29, 0.717) is 0 Å². The summed E-state index contributed by atoms with van der Waals surface area (Å²) < 4.78 is 39.4. The van der Waals surface area contributed by atoms with Crippen molar-refractivity contribution in [3.05, 3.63) is 35.8 Å². The summed E-state index contributed by atoms with van der Waals surface area (Å²) in [6.45, 7) is 0. The van der Waals surface area contributed by atoms with Crippen LogP contribution in [-0.2, 0) is 0 Å². The van der Waals surface area contributed by atoms with Gasteiger partial charge in [-0.3, -0.25) is 4.98 Å². The number of nitrogen functional groups attached to an aromatic ring is 1. The van der Waals surface area contributed by atoms with Gasteiger partial charge in [0.1, 0.15) is 11.2 Å². The van der Waals surface area contributed by atoms with Crippen LogP contribution < -0.4 is 5.73 Å². The van der Waals surface area contributed by atoms with Crippen molar-refractivity contribution in [3.63, 3.8) is 0 Å². The molecule has 0 atom stereocenters. The Morgan fingerprint density at radius 1 is 1.07 bits per heavy atom. The van der Waals surface area contributed by atoms with E-state index in [2.05, 4.69) is 4.98 Å². The molecule has 2 rings (SSSR count). The van der Waals surface area contributed by atoms with Gasteiger partial charge in [-0.15, -0.1) is 0 Å². The number of pyridine rings is 1. The summed E-state index contributed by atoms with van der Waals surface area (Å²) in [5.74, 6) is -3.57. The van der Waals surface area contributed by atoms with Crippen LogP contribution in [0.15, 0.2) is 18.3 Å². The Morgan fingerprint density at radius 2 is 1.79 bits per heavy atom. The Morgan fingerprint density at radius 3 is 2.50 bits per heavy atom. The van der Waals surface area contributed by atoms with Gasteiger partial charge in [-0.2, -0.15) is 0 Å². The van der Waals surface area contributed by atoms with E-state index in [9.17, 15) is 13.2 Å². The Bertz CT molecular complexity index is 464. The van der Waals surface area contributed by atoms with Gasteiger partial charge in [-0.25, -0.2) is 13.2 Å². The van der Waals surface area contributed by atoms with E-state index in [1.54, 1.807) is 0 Å². The molecule has 14 heavy (non-hydrogen) atoms. The molecule has 5 heteroatoms. The third-order valence-corrected chi connectivity index (χ3v) is 1.92. The topological polar surface area (TPSA) is 38.9 Å². The normalized spacial score (nSPS) is 10.8. The van der Waals surface area contributed by atoms with Crippen molar-refractivity contribution in [2.75, 3.05) is 5.73 Å². The van der Waals surface area contributed by atoms with E-state index in [0.717, 1.165) is 0 Å². The molecule has 0 amide bonds. The zero-order chi connectivity index (χ0) is 10.3. The number of rotatable bonds is 0. The number of hydrogen-bond donors (Lipinski definition) is 1.